The van der Waals surface area contributed by atoms with E-state index in [1.807, 2.05) is 13.8 Å². The maximum absolute atomic E-state index is 11.6. The fourth-order valence-electron chi connectivity index (χ4n) is 2.50. The molecule has 156 valence electrons. The summed E-state index contributed by atoms with van der Waals surface area (Å²) >= 11 is 0. The Morgan fingerprint density at radius 1 is 0.643 bits per heavy atom. The second-order valence-corrected chi connectivity index (χ2v) is 6.00. The van der Waals surface area contributed by atoms with Crippen molar-refractivity contribution in [1.29, 1.82) is 0 Å². The van der Waals surface area contributed by atoms with E-state index in [1.54, 1.807) is 0 Å². The molecule has 28 heavy (non-hydrogen) atoms. The predicted molar refractivity (Wildman–Crippen MR) is 93.4 cm³/mol. The zero-order valence-electron chi connectivity index (χ0n) is 16.2. The van der Waals surface area contributed by atoms with Gasteiger partial charge in [-0.25, -0.2) is 9.59 Å². The Hall–Kier alpha value is -2.78. The number of nitrogens with zero attached hydrogens (tertiary/aromatic N) is 2. The fourth-order valence-corrected chi connectivity index (χ4v) is 2.50. The van der Waals surface area contributed by atoms with Crippen molar-refractivity contribution in [1.82, 2.24) is 10.1 Å². The van der Waals surface area contributed by atoms with Crippen LogP contribution in [0.3, 0.4) is 0 Å². The summed E-state index contributed by atoms with van der Waals surface area (Å²) in [6.45, 7) is 4.00. The van der Waals surface area contributed by atoms with Crippen LogP contribution in [0.4, 0.5) is 0 Å². The van der Waals surface area contributed by atoms with Crippen LogP contribution < -0.4 is 0 Å². The van der Waals surface area contributed by atoms with E-state index >= 15 is 0 Å². The van der Waals surface area contributed by atoms with Crippen molar-refractivity contribution in [3.8, 4) is 0 Å². The first-order chi connectivity index (χ1) is 13.4. The average Bonchev–Trinajstić information content (AvgIpc) is 3.16. The molecule has 2 rings (SSSR count). The van der Waals surface area contributed by atoms with Gasteiger partial charge in [0.15, 0.2) is 0 Å². The molecule has 2 aliphatic rings. The number of hydrogen-bond acceptors (Lipinski definition) is 8. The normalized spacial score (nSPS) is 16.2. The first-order valence-electron chi connectivity index (χ1n) is 9.51. The van der Waals surface area contributed by atoms with Gasteiger partial charge in [0.05, 0.1) is 0 Å². The number of carbonyl (C=O) groups is 6. The summed E-state index contributed by atoms with van der Waals surface area (Å²) < 4.78 is 0. The molecule has 2 aliphatic heterocycles. The molecule has 0 radical (unpaired) electrons. The zero-order chi connectivity index (χ0) is 21.1. The number of carbonyl (C=O) groups excluding carboxylic acids is 6. The summed E-state index contributed by atoms with van der Waals surface area (Å²) in [7, 11) is 0. The summed E-state index contributed by atoms with van der Waals surface area (Å²) in [5, 5.41) is 1.03. The summed E-state index contributed by atoms with van der Waals surface area (Å²) in [6, 6.07) is 0. The van der Waals surface area contributed by atoms with Crippen molar-refractivity contribution in [2.75, 3.05) is 0 Å². The molecule has 2 heterocycles. The van der Waals surface area contributed by atoms with E-state index in [2.05, 4.69) is 0 Å². The van der Waals surface area contributed by atoms with Crippen molar-refractivity contribution in [2.24, 2.45) is 0 Å². The van der Waals surface area contributed by atoms with Crippen molar-refractivity contribution in [2.45, 2.75) is 78.1 Å². The van der Waals surface area contributed by atoms with Crippen LogP contribution >= 0.6 is 0 Å². The Labute approximate surface area is 163 Å². The molecule has 0 bridgehead atoms. The van der Waals surface area contributed by atoms with Gasteiger partial charge in [0.25, 0.3) is 23.6 Å². The Bertz CT molecular complexity index is 545. The van der Waals surface area contributed by atoms with Gasteiger partial charge in [-0.3, -0.25) is 19.2 Å². The molecular formula is C18H26N2O8. The molecule has 0 saturated carbocycles. The lowest BCUT2D eigenvalue weighted by Gasteiger charge is -2.12. The van der Waals surface area contributed by atoms with Crippen molar-refractivity contribution in [3.05, 3.63) is 0 Å². The van der Waals surface area contributed by atoms with E-state index in [9.17, 15) is 28.8 Å². The number of imide groups is 2. The van der Waals surface area contributed by atoms with E-state index in [0.29, 0.717) is 35.8 Å². The van der Waals surface area contributed by atoms with E-state index in [0.717, 1.165) is 0 Å². The number of rotatable bonds is 9. The first kappa shape index (κ1) is 23.3. The third-order valence-electron chi connectivity index (χ3n) is 3.91. The monoisotopic (exact) mass is 398 g/mol. The van der Waals surface area contributed by atoms with Gasteiger partial charge in [0.2, 0.25) is 0 Å². The Kier molecular flexibility index (Phi) is 9.83. The minimum atomic E-state index is -0.654. The zero-order valence-corrected chi connectivity index (χ0v) is 16.2. The summed E-state index contributed by atoms with van der Waals surface area (Å²) in [5.41, 5.74) is 0. The molecule has 0 aromatic rings. The molecule has 2 saturated heterocycles. The van der Waals surface area contributed by atoms with Gasteiger partial charge < -0.3 is 9.68 Å². The Morgan fingerprint density at radius 2 is 0.929 bits per heavy atom. The fraction of sp³-hybridized carbons (Fsp3) is 0.667. The van der Waals surface area contributed by atoms with Gasteiger partial charge in [-0.15, -0.1) is 10.1 Å². The van der Waals surface area contributed by atoms with Crippen LogP contribution in [0.25, 0.3) is 0 Å². The quantitative estimate of drug-likeness (QED) is 0.423. The third kappa shape index (κ3) is 7.09. The molecule has 0 aromatic carbocycles. The molecule has 2 fully saturated rings. The van der Waals surface area contributed by atoms with Crippen molar-refractivity contribution >= 4 is 35.6 Å². The molecule has 4 amide bonds. The van der Waals surface area contributed by atoms with Gasteiger partial charge in [-0.2, -0.15) is 0 Å². The van der Waals surface area contributed by atoms with Crippen LogP contribution in [0.1, 0.15) is 78.1 Å². The highest BCUT2D eigenvalue weighted by atomic mass is 16.7. The summed E-state index contributed by atoms with van der Waals surface area (Å²) in [5.74, 6) is -3.37. The summed E-state index contributed by atoms with van der Waals surface area (Å²) in [6.07, 6.45) is 2.54. The number of hydroxylamine groups is 4. The molecule has 10 heteroatoms. The first-order valence-corrected chi connectivity index (χ1v) is 9.51. The largest absolute Gasteiger partial charge is 0.333 e. The van der Waals surface area contributed by atoms with Crippen LogP contribution in [0.2, 0.25) is 0 Å². The molecule has 0 atom stereocenters. The van der Waals surface area contributed by atoms with Gasteiger partial charge >= 0.3 is 11.9 Å². The highest BCUT2D eigenvalue weighted by molar-refractivity contribution is 6.02. The van der Waals surface area contributed by atoms with Crippen LogP contribution in [-0.4, -0.2) is 45.7 Å². The molecule has 0 spiro atoms. The SMILES string of the molecule is CC.O=C(CCCCCCC(=O)ON1C(=O)CCC1=O)ON1C(=O)CCC1=O. The molecule has 0 aromatic heterocycles. The van der Waals surface area contributed by atoms with Crippen LogP contribution in [0.15, 0.2) is 0 Å². The van der Waals surface area contributed by atoms with Crippen LogP contribution in [0, 0.1) is 0 Å². The van der Waals surface area contributed by atoms with Crippen LogP contribution in [0.5, 0.6) is 0 Å². The number of unbranched alkanes of at least 4 members (excludes halogenated alkanes) is 3. The minimum Gasteiger partial charge on any atom is -0.330 e. The molecule has 10 nitrogen and oxygen atoms in total. The van der Waals surface area contributed by atoms with Gasteiger partial charge in [0.1, 0.15) is 0 Å². The standard InChI is InChI=1S/C16H20N2O8.C2H6/c19-11-7-8-12(20)17(11)25-15(23)5-3-1-2-4-6-16(24)26-18-13(21)9-10-14(18)22;1-2/h1-10H2;1-2H3. The maximum atomic E-state index is 11.6. The molecular weight excluding hydrogens is 372 g/mol. The smallest absolute Gasteiger partial charge is 0.330 e. The highest BCUT2D eigenvalue weighted by Crippen LogP contribution is 2.15. The average molecular weight is 398 g/mol. The third-order valence-corrected chi connectivity index (χ3v) is 3.91. The molecule has 0 unspecified atom stereocenters. The van der Waals surface area contributed by atoms with Crippen molar-refractivity contribution in [3.63, 3.8) is 0 Å². The lowest BCUT2D eigenvalue weighted by Crippen LogP contribution is -2.32. The van der Waals surface area contributed by atoms with E-state index in [-0.39, 0.29) is 38.5 Å². The topological polar surface area (TPSA) is 127 Å². The highest BCUT2D eigenvalue weighted by Gasteiger charge is 2.33. The molecule has 0 aliphatic carbocycles. The molecule has 0 N–H and O–H groups in total. The lowest BCUT2D eigenvalue weighted by molar-refractivity contribution is -0.197. The Balaban J connectivity index is 0.00000190. The second kappa shape index (κ2) is 11.8. The van der Waals surface area contributed by atoms with E-state index < -0.39 is 35.6 Å². The second-order valence-electron chi connectivity index (χ2n) is 6.00. The summed E-state index contributed by atoms with van der Waals surface area (Å²) in [4.78, 5) is 77.8. The maximum Gasteiger partial charge on any atom is 0.333 e. The minimum absolute atomic E-state index is 0.0524. The van der Waals surface area contributed by atoms with E-state index in [4.69, 9.17) is 9.68 Å². The Morgan fingerprint density at radius 3 is 1.21 bits per heavy atom. The van der Waals surface area contributed by atoms with E-state index in [1.165, 1.54) is 0 Å². The lowest BCUT2D eigenvalue weighted by atomic mass is 10.1. The van der Waals surface area contributed by atoms with Crippen LogP contribution in [-0.2, 0) is 38.4 Å². The number of amides is 4. The van der Waals surface area contributed by atoms with Crippen molar-refractivity contribution < 1.29 is 38.4 Å². The number of hydrogen-bond donors (Lipinski definition) is 0. The van der Waals surface area contributed by atoms with Gasteiger partial charge in [-0.05, 0) is 12.8 Å². The predicted octanol–water partition coefficient (Wildman–Crippen LogP) is 1.57. The van der Waals surface area contributed by atoms with Gasteiger partial charge in [0, 0.05) is 38.5 Å². The van der Waals surface area contributed by atoms with Gasteiger partial charge in [-0.1, -0.05) is 26.7 Å².